The van der Waals surface area contributed by atoms with Crippen molar-refractivity contribution in [3.05, 3.63) is 65.5 Å². The van der Waals surface area contributed by atoms with Gasteiger partial charge in [-0.15, -0.1) is 0 Å². The van der Waals surface area contributed by atoms with Gasteiger partial charge < -0.3 is 9.84 Å². The van der Waals surface area contributed by atoms with Gasteiger partial charge in [0.05, 0.1) is 0 Å². The molecular weight excluding hydrogens is 247 g/mol. The van der Waals surface area contributed by atoms with Crippen molar-refractivity contribution in [1.82, 2.24) is 0 Å². The lowest BCUT2D eigenvalue weighted by molar-refractivity contribution is -0.145. The first-order valence-electron chi connectivity index (χ1n) is 5.78. The van der Waals surface area contributed by atoms with E-state index in [1.54, 1.807) is 18.2 Å². The van der Waals surface area contributed by atoms with Crippen LogP contribution in [-0.2, 0) is 4.79 Å². The molecule has 0 bridgehead atoms. The Balaban J connectivity index is 2.26. The summed E-state index contributed by atoms with van der Waals surface area (Å²) in [4.78, 5) is 11.3. The fraction of sp³-hybridized carbons (Fsp3) is 0.133. The smallest absolute Gasteiger partial charge is 0.349 e. The van der Waals surface area contributed by atoms with Crippen molar-refractivity contribution in [1.29, 1.82) is 0 Å². The molecule has 4 heteroatoms. The fourth-order valence-electron chi connectivity index (χ4n) is 1.74. The second-order valence-corrected chi connectivity index (χ2v) is 4.20. The van der Waals surface area contributed by atoms with Crippen LogP contribution in [0.4, 0.5) is 4.39 Å². The van der Waals surface area contributed by atoms with Crippen molar-refractivity contribution in [3.63, 3.8) is 0 Å². The van der Waals surface area contributed by atoms with Gasteiger partial charge in [-0.25, -0.2) is 9.18 Å². The summed E-state index contributed by atoms with van der Waals surface area (Å²) in [6.45, 7) is 1.88. The van der Waals surface area contributed by atoms with E-state index in [1.807, 2.05) is 13.0 Å². The van der Waals surface area contributed by atoms with Crippen molar-refractivity contribution in [2.24, 2.45) is 0 Å². The highest BCUT2D eigenvalue weighted by molar-refractivity contribution is 5.75. The minimum Gasteiger partial charge on any atom is -0.478 e. The van der Waals surface area contributed by atoms with Gasteiger partial charge in [0.2, 0.25) is 6.10 Å². The summed E-state index contributed by atoms with van der Waals surface area (Å²) in [5.41, 5.74) is 1.50. The predicted octanol–water partition coefficient (Wildman–Crippen LogP) is 3.34. The molecule has 98 valence electrons. The van der Waals surface area contributed by atoms with Gasteiger partial charge in [0.15, 0.2) is 0 Å². The Kier molecular flexibility index (Phi) is 3.80. The number of halogens is 1. The van der Waals surface area contributed by atoms with Crippen LogP contribution in [0, 0.1) is 12.7 Å². The van der Waals surface area contributed by atoms with Crippen molar-refractivity contribution in [2.45, 2.75) is 13.0 Å². The van der Waals surface area contributed by atoms with Crippen molar-refractivity contribution < 1.29 is 19.0 Å². The number of rotatable bonds is 4. The molecule has 3 nitrogen and oxygen atoms in total. The molecule has 0 saturated heterocycles. The van der Waals surface area contributed by atoms with Crippen molar-refractivity contribution in [2.75, 3.05) is 0 Å². The zero-order valence-corrected chi connectivity index (χ0v) is 10.3. The first kappa shape index (κ1) is 13.1. The van der Waals surface area contributed by atoms with Gasteiger partial charge in [-0.2, -0.15) is 0 Å². The molecule has 0 spiro atoms. The third kappa shape index (κ3) is 3.31. The van der Waals surface area contributed by atoms with E-state index < -0.39 is 17.9 Å². The number of aliphatic carboxylic acids is 1. The van der Waals surface area contributed by atoms with Gasteiger partial charge in [-0.3, -0.25) is 0 Å². The summed E-state index contributed by atoms with van der Waals surface area (Å²) in [7, 11) is 0. The van der Waals surface area contributed by atoms with Crippen LogP contribution in [0.15, 0.2) is 48.5 Å². The van der Waals surface area contributed by atoms with E-state index in [0.717, 1.165) is 5.56 Å². The first-order valence-corrected chi connectivity index (χ1v) is 5.78. The van der Waals surface area contributed by atoms with Crippen LogP contribution < -0.4 is 4.74 Å². The van der Waals surface area contributed by atoms with Crippen molar-refractivity contribution in [3.8, 4) is 5.75 Å². The molecule has 2 aromatic carbocycles. The number of carboxylic acid groups (broad SMARTS) is 1. The molecule has 0 aromatic heterocycles. The van der Waals surface area contributed by atoms with E-state index in [-0.39, 0.29) is 0 Å². The highest BCUT2D eigenvalue weighted by Gasteiger charge is 2.21. The van der Waals surface area contributed by atoms with Gasteiger partial charge >= 0.3 is 5.97 Å². The summed E-state index contributed by atoms with van der Waals surface area (Å²) in [5, 5.41) is 9.23. The molecule has 0 radical (unpaired) electrons. The number of hydrogen-bond acceptors (Lipinski definition) is 2. The Morgan fingerprint density at radius 3 is 2.47 bits per heavy atom. The lowest BCUT2D eigenvalue weighted by atomic mass is 10.1. The van der Waals surface area contributed by atoms with Gasteiger partial charge in [-0.05, 0) is 31.2 Å². The van der Waals surface area contributed by atoms with E-state index >= 15 is 0 Å². The summed E-state index contributed by atoms with van der Waals surface area (Å²) in [6.07, 6.45) is -1.11. The number of benzene rings is 2. The molecule has 19 heavy (non-hydrogen) atoms. The predicted molar refractivity (Wildman–Crippen MR) is 68.6 cm³/mol. The molecule has 0 aliphatic heterocycles. The molecule has 0 heterocycles. The Bertz CT molecular complexity index is 578. The largest absolute Gasteiger partial charge is 0.478 e. The molecule has 1 N–H and O–H groups in total. The second kappa shape index (κ2) is 5.52. The quantitative estimate of drug-likeness (QED) is 0.917. The second-order valence-electron chi connectivity index (χ2n) is 4.20. The maximum absolute atomic E-state index is 12.8. The van der Waals surface area contributed by atoms with E-state index in [9.17, 15) is 14.3 Å². The number of carboxylic acids is 1. The topological polar surface area (TPSA) is 46.5 Å². The number of aryl methyl sites for hydroxylation is 1. The number of carbonyl (C=O) groups is 1. The molecule has 0 saturated carbocycles. The molecule has 1 unspecified atom stereocenters. The highest BCUT2D eigenvalue weighted by Crippen LogP contribution is 2.23. The monoisotopic (exact) mass is 260 g/mol. The van der Waals surface area contributed by atoms with E-state index in [0.29, 0.717) is 11.3 Å². The lowest BCUT2D eigenvalue weighted by Gasteiger charge is -2.15. The van der Waals surface area contributed by atoms with E-state index in [4.69, 9.17) is 4.74 Å². The Labute approximate surface area is 110 Å². The number of ether oxygens (including phenoxy) is 1. The lowest BCUT2D eigenvalue weighted by Crippen LogP contribution is -2.18. The summed E-state index contributed by atoms with van der Waals surface area (Å²) < 4.78 is 18.2. The molecular formula is C15H13FO3. The van der Waals surface area contributed by atoms with E-state index in [1.165, 1.54) is 24.3 Å². The SMILES string of the molecule is Cc1cccc(C(Oc2ccc(F)cc2)C(=O)O)c1. The van der Waals surface area contributed by atoms with Crippen LogP contribution in [0.25, 0.3) is 0 Å². The number of hydrogen-bond donors (Lipinski definition) is 1. The first-order chi connectivity index (χ1) is 9.06. The molecule has 0 fully saturated rings. The summed E-state index contributed by atoms with van der Waals surface area (Å²) in [5.74, 6) is -1.17. The van der Waals surface area contributed by atoms with Crippen LogP contribution in [0.5, 0.6) is 5.75 Å². The van der Waals surface area contributed by atoms with Crippen LogP contribution in [0.1, 0.15) is 17.2 Å². The maximum Gasteiger partial charge on any atom is 0.349 e. The normalized spacial score (nSPS) is 11.9. The van der Waals surface area contributed by atoms with Gasteiger partial charge in [0.1, 0.15) is 11.6 Å². The molecule has 1 atom stereocenters. The average Bonchev–Trinajstić information content (AvgIpc) is 2.37. The maximum atomic E-state index is 12.8. The van der Waals surface area contributed by atoms with Gasteiger partial charge in [-0.1, -0.05) is 29.8 Å². The average molecular weight is 260 g/mol. The van der Waals surface area contributed by atoms with Crippen LogP contribution in [-0.4, -0.2) is 11.1 Å². The Morgan fingerprint density at radius 1 is 1.21 bits per heavy atom. The van der Waals surface area contributed by atoms with Gasteiger partial charge in [0, 0.05) is 5.56 Å². The zero-order valence-electron chi connectivity index (χ0n) is 10.3. The molecule has 0 aliphatic carbocycles. The Morgan fingerprint density at radius 2 is 1.89 bits per heavy atom. The Hall–Kier alpha value is -2.36. The molecule has 0 amide bonds. The third-order valence-corrected chi connectivity index (χ3v) is 2.64. The minimum absolute atomic E-state index is 0.315. The third-order valence-electron chi connectivity index (χ3n) is 2.64. The van der Waals surface area contributed by atoms with Crippen molar-refractivity contribution >= 4 is 5.97 Å². The highest BCUT2D eigenvalue weighted by atomic mass is 19.1. The summed E-state index contributed by atoms with van der Waals surface area (Å²) in [6, 6.07) is 12.4. The zero-order chi connectivity index (χ0) is 13.8. The van der Waals surface area contributed by atoms with Gasteiger partial charge in [0.25, 0.3) is 0 Å². The molecule has 2 aromatic rings. The fourth-order valence-corrected chi connectivity index (χ4v) is 1.74. The standard InChI is InChI=1S/C15H13FO3/c1-10-3-2-4-11(9-10)14(15(17)18)19-13-7-5-12(16)6-8-13/h2-9,14H,1H3,(H,17,18). The molecule has 2 rings (SSSR count). The van der Waals surface area contributed by atoms with Crippen LogP contribution in [0.2, 0.25) is 0 Å². The van der Waals surface area contributed by atoms with Crippen LogP contribution >= 0.6 is 0 Å². The van der Waals surface area contributed by atoms with Crippen LogP contribution in [0.3, 0.4) is 0 Å². The molecule has 0 aliphatic rings. The summed E-state index contributed by atoms with van der Waals surface area (Å²) >= 11 is 0. The van der Waals surface area contributed by atoms with E-state index in [2.05, 4.69) is 0 Å². The minimum atomic E-state index is -1.11.